The Balaban J connectivity index is 2.33. The van der Waals surface area contributed by atoms with Gasteiger partial charge in [-0.2, -0.15) is 0 Å². The Labute approximate surface area is 75.6 Å². The molecule has 1 aliphatic heterocycles. The number of aromatic nitrogens is 1. The van der Waals surface area contributed by atoms with Gasteiger partial charge in [-0.1, -0.05) is 0 Å². The lowest BCUT2D eigenvalue weighted by atomic mass is 10.1. The maximum absolute atomic E-state index is 11.0. The van der Waals surface area contributed by atoms with E-state index in [-0.39, 0.29) is 17.5 Å². The fourth-order valence-electron chi connectivity index (χ4n) is 1.72. The van der Waals surface area contributed by atoms with Gasteiger partial charge in [0.1, 0.15) is 0 Å². The lowest BCUT2D eigenvalue weighted by molar-refractivity contribution is 0.449. The zero-order valence-corrected chi connectivity index (χ0v) is 7.21. The molecule has 0 saturated carbocycles. The largest absolute Gasteiger partial charge is 0.495 e. The predicted octanol–water partition coefficient (Wildman–Crippen LogP) is 0.505. The monoisotopic (exact) mass is 180 g/mol. The fourth-order valence-corrected chi connectivity index (χ4v) is 1.72. The van der Waals surface area contributed by atoms with Gasteiger partial charge in [-0.15, -0.1) is 0 Å². The van der Waals surface area contributed by atoms with Crippen molar-refractivity contribution in [1.29, 1.82) is 0 Å². The van der Waals surface area contributed by atoms with E-state index in [1.165, 1.54) is 6.07 Å². The smallest absolute Gasteiger partial charge is 0.250 e. The van der Waals surface area contributed by atoms with Crippen LogP contribution in [0.5, 0.6) is 5.88 Å². The number of pyridine rings is 1. The van der Waals surface area contributed by atoms with Crippen LogP contribution in [0.1, 0.15) is 24.4 Å². The summed E-state index contributed by atoms with van der Waals surface area (Å²) < 4.78 is 0. The molecule has 0 radical (unpaired) electrons. The molecule has 0 aliphatic carbocycles. The summed E-state index contributed by atoms with van der Waals surface area (Å²) in [5, 5.41) is 12.4. The Morgan fingerprint density at radius 3 is 2.92 bits per heavy atom. The van der Waals surface area contributed by atoms with Crippen LogP contribution in [0.2, 0.25) is 0 Å². The molecule has 1 fully saturated rings. The molecule has 0 spiro atoms. The second kappa shape index (κ2) is 3.22. The number of rotatable bonds is 1. The van der Waals surface area contributed by atoms with Crippen LogP contribution in [-0.2, 0) is 0 Å². The number of H-pyrrole nitrogens is 1. The van der Waals surface area contributed by atoms with Crippen LogP contribution in [0.3, 0.4) is 0 Å². The summed E-state index contributed by atoms with van der Waals surface area (Å²) in [6.45, 7) is 0.984. The van der Waals surface area contributed by atoms with Gasteiger partial charge < -0.3 is 10.4 Å². The summed E-state index contributed by atoms with van der Waals surface area (Å²) in [6.07, 6.45) is 2.15. The summed E-state index contributed by atoms with van der Waals surface area (Å²) in [6, 6.07) is 3.36. The van der Waals surface area contributed by atoms with Gasteiger partial charge >= 0.3 is 0 Å². The van der Waals surface area contributed by atoms with Crippen LogP contribution in [0, 0.1) is 0 Å². The molecule has 2 rings (SSSR count). The molecule has 4 nitrogen and oxygen atoms in total. The van der Waals surface area contributed by atoms with E-state index in [9.17, 15) is 9.90 Å². The van der Waals surface area contributed by atoms with Gasteiger partial charge in [0, 0.05) is 18.2 Å². The molecule has 1 atom stereocenters. The maximum Gasteiger partial charge on any atom is 0.250 e. The number of aromatic amines is 1. The van der Waals surface area contributed by atoms with E-state index in [0.29, 0.717) is 0 Å². The van der Waals surface area contributed by atoms with Crippen molar-refractivity contribution in [3.63, 3.8) is 0 Å². The van der Waals surface area contributed by atoms with Gasteiger partial charge in [0.05, 0.1) is 0 Å². The molecule has 1 saturated heterocycles. The number of aromatic hydroxyl groups is 1. The van der Waals surface area contributed by atoms with E-state index in [4.69, 9.17) is 0 Å². The van der Waals surface area contributed by atoms with Crippen molar-refractivity contribution in [1.82, 2.24) is 10.3 Å². The molecule has 0 unspecified atom stereocenters. The molecular formula is C9H12N2O2. The molecule has 2 heterocycles. The summed E-state index contributed by atoms with van der Waals surface area (Å²) in [5.41, 5.74) is 0.627. The Hall–Kier alpha value is -1.29. The minimum atomic E-state index is -0.247. The summed E-state index contributed by atoms with van der Waals surface area (Å²) >= 11 is 0. The van der Waals surface area contributed by atoms with Crippen LogP contribution in [-0.4, -0.2) is 16.6 Å². The summed E-state index contributed by atoms with van der Waals surface area (Å²) in [5.74, 6) is -0.0591. The maximum atomic E-state index is 11.0. The van der Waals surface area contributed by atoms with Gasteiger partial charge in [0.25, 0.3) is 5.56 Å². The van der Waals surface area contributed by atoms with E-state index < -0.39 is 0 Å². The van der Waals surface area contributed by atoms with Crippen LogP contribution in [0.4, 0.5) is 0 Å². The molecule has 1 aliphatic rings. The van der Waals surface area contributed by atoms with Crippen molar-refractivity contribution in [2.75, 3.05) is 6.54 Å². The van der Waals surface area contributed by atoms with E-state index in [1.54, 1.807) is 6.07 Å². The first-order chi connectivity index (χ1) is 6.25. The average molecular weight is 180 g/mol. The second-order valence-electron chi connectivity index (χ2n) is 3.31. The lowest BCUT2D eigenvalue weighted by Crippen LogP contribution is -2.15. The Kier molecular flexibility index (Phi) is 2.06. The molecule has 0 aromatic carbocycles. The first-order valence-electron chi connectivity index (χ1n) is 4.42. The Morgan fingerprint density at radius 1 is 1.46 bits per heavy atom. The van der Waals surface area contributed by atoms with E-state index in [0.717, 1.165) is 24.9 Å². The normalized spacial score (nSPS) is 22.0. The van der Waals surface area contributed by atoms with E-state index >= 15 is 0 Å². The highest BCUT2D eigenvalue weighted by Crippen LogP contribution is 2.22. The van der Waals surface area contributed by atoms with Crippen LogP contribution in [0.15, 0.2) is 16.9 Å². The molecule has 13 heavy (non-hydrogen) atoms. The predicted molar refractivity (Wildman–Crippen MR) is 48.7 cm³/mol. The highest BCUT2D eigenvalue weighted by molar-refractivity contribution is 5.23. The van der Waals surface area contributed by atoms with Gasteiger partial charge in [0.15, 0.2) is 5.88 Å². The Bertz CT molecular complexity index is 353. The van der Waals surface area contributed by atoms with Crippen molar-refractivity contribution in [3.05, 3.63) is 28.0 Å². The summed E-state index contributed by atoms with van der Waals surface area (Å²) in [7, 11) is 0. The van der Waals surface area contributed by atoms with Crippen molar-refractivity contribution in [3.8, 4) is 5.88 Å². The molecule has 1 aromatic rings. The first kappa shape index (κ1) is 8.31. The summed E-state index contributed by atoms with van der Waals surface area (Å²) in [4.78, 5) is 13.3. The molecule has 70 valence electrons. The SMILES string of the molecule is O=c1cc([C@H]2CCCN2)cc(O)[nH]1. The van der Waals surface area contributed by atoms with Crippen molar-refractivity contribution in [2.45, 2.75) is 18.9 Å². The highest BCUT2D eigenvalue weighted by atomic mass is 16.3. The highest BCUT2D eigenvalue weighted by Gasteiger charge is 2.16. The minimum absolute atomic E-state index is 0.0591. The zero-order chi connectivity index (χ0) is 9.26. The van der Waals surface area contributed by atoms with E-state index in [2.05, 4.69) is 10.3 Å². The average Bonchev–Trinajstić information content (AvgIpc) is 2.53. The Morgan fingerprint density at radius 2 is 2.31 bits per heavy atom. The third-order valence-electron chi connectivity index (χ3n) is 2.32. The first-order valence-corrected chi connectivity index (χ1v) is 4.42. The molecule has 1 aromatic heterocycles. The minimum Gasteiger partial charge on any atom is -0.495 e. The molecule has 3 N–H and O–H groups in total. The molecule has 4 heteroatoms. The van der Waals surface area contributed by atoms with Gasteiger partial charge in [0.2, 0.25) is 0 Å². The van der Waals surface area contributed by atoms with Crippen LogP contribution in [0.25, 0.3) is 0 Å². The molecular weight excluding hydrogens is 168 g/mol. The van der Waals surface area contributed by atoms with Crippen LogP contribution < -0.4 is 10.9 Å². The van der Waals surface area contributed by atoms with Gasteiger partial charge in [-0.05, 0) is 24.9 Å². The quantitative estimate of drug-likeness (QED) is 0.589. The number of hydrogen-bond donors (Lipinski definition) is 3. The van der Waals surface area contributed by atoms with Gasteiger partial charge in [-0.3, -0.25) is 9.78 Å². The third kappa shape index (κ3) is 1.72. The number of nitrogens with one attached hydrogen (secondary N) is 2. The zero-order valence-electron chi connectivity index (χ0n) is 7.21. The van der Waals surface area contributed by atoms with Crippen molar-refractivity contribution < 1.29 is 5.11 Å². The third-order valence-corrected chi connectivity index (χ3v) is 2.32. The lowest BCUT2D eigenvalue weighted by Gasteiger charge is -2.09. The standard InChI is InChI=1S/C9H12N2O2/c12-8-4-6(5-9(13)11-8)7-2-1-3-10-7/h4-5,7,10H,1-3H2,(H2,11,12,13)/t7-/m1/s1. The second-order valence-corrected chi connectivity index (χ2v) is 3.31. The van der Waals surface area contributed by atoms with E-state index in [1.807, 2.05) is 0 Å². The van der Waals surface area contributed by atoms with Crippen molar-refractivity contribution in [2.24, 2.45) is 0 Å². The molecule has 0 bridgehead atoms. The molecule has 0 amide bonds. The fraction of sp³-hybridized carbons (Fsp3) is 0.444. The van der Waals surface area contributed by atoms with Crippen LogP contribution >= 0.6 is 0 Å². The topological polar surface area (TPSA) is 65.1 Å². The number of hydrogen-bond acceptors (Lipinski definition) is 3. The van der Waals surface area contributed by atoms with Crippen molar-refractivity contribution >= 4 is 0 Å². The van der Waals surface area contributed by atoms with Gasteiger partial charge in [-0.25, -0.2) is 0 Å².